The summed E-state index contributed by atoms with van der Waals surface area (Å²) in [6.07, 6.45) is 0.972. The van der Waals surface area contributed by atoms with E-state index in [9.17, 15) is 4.79 Å². The van der Waals surface area contributed by atoms with Crippen LogP contribution in [0.2, 0.25) is 0 Å². The molecule has 0 atom stereocenters. The Labute approximate surface area is 123 Å². The molecular weight excluding hydrogens is 272 g/mol. The lowest BCUT2D eigenvalue weighted by atomic mass is 10.1. The van der Waals surface area contributed by atoms with Crippen LogP contribution in [-0.2, 0) is 6.54 Å². The van der Waals surface area contributed by atoms with Crippen LogP contribution in [0.5, 0.6) is 0 Å². The van der Waals surface area contributed by atoms with Gasteiger partial charge in [-0.25, -0.2) is 0 Å². The van der Waals surface area contributed by atoms with Crippen molar-refractivity contribution < 1.29 is 0 Å². The van der Waals surface area contributed by atoms with Crippen molar-refractivity contribution in [2.24, 2.45) is 5.92 Å². The maximum absolute atomic E-state index is 12.7. The van der Waals surface area contributed by atoms with Crippen LogP contribution in [0.1, 0.15) is 31.5 Å². The Hall–Kier alpha value is -1.69. The summed E-state index contributed by atoms with van der Waals surface area (Å²) in [4.78, 5) is 16.8. The SMILES string of the molecule is Cc1cc(C)n(CCC(C)C)c(=O)c1-c1nc(=S)[nH][nH]1. The molecule has 2 heterocycles. The Morgan fingerprint density at radius 3 is 2.60 bits per heavy atom. The van der Waals surface area contributed by atoms with Gasteiger partial charge >= 0.3 is 0 Å². The molecule has 5 nitrogen and oxygen atoms in total. The van der Waals surface area contributed by atoms with Gasteiger partial charge in [-0.1, -0.05) is 13.8 Å². The molecular formula is C14H20N4OS. The van der Waals surface area contributed by atoms with E-state index in [1.54, 1.807) is 0 Å². The van der Waals surface area contributed by atoms with Gasteiger partial charge < -0.3 is 4.57 Å². The minimum atomic E-state index is -0.0131. The molecule has 0 saturated heterocycles. The third-order valence-electron chi connectivity index (χ3n) is 3.37. The van der Waals surface area contributed by atoms with Gasteiger partial charge in [0.25, 0.3) is 5.56 Å². The molecule has 0 radical (unpaired) electrons. The molecule has 0 spiro atoms. The maximum atomic E-state index is 12.7. The molecule has 0 bridgehead atoms. The predicted octanol–water partition coefficient (Wildman–Crippen LogP) is 2.96. The normalized spacial score (nSPS) is 11.2. The largest absolute Gasteiger partial charge is 0.312 e. The maximum Gasteiger partial charge on any atom is 0.262 e. The van der Waals surface area contributed by atoms with Gasteiger partial charge in [0.15, 0.2) is 5.82 Å². The standard InChI is InChI=1S/C14H20N4OS/c1-8(2)5-6-18-10(4)7-9(3)11(13(18)19)12-15-14(20)17-16-12/h7-8H,5-6H2,1-4H3,(H2,15,16,17,20). The van der Waals surface area contributed by atoms with Gasteiger partial charge in [0.2, 0.25) is 4.77 Å². The molecule has 2 rings (SSSR count). The molecule has 0 amide bonds. The average Bonchev–Trinajstić information content (AvgIpc) is 2.74. The number of rotatable bonds is 4. The Bertz CT molecular complexity index is 724. The van der Waals surface area contributed by atoms with Gasteiger partial charge in [0.05, 0.1) is 5.56 Å². The number of H-pyrrole nitrogens is 2. The highest BCUT2D eigenvalue weighted by Crippen LogP contribution is 2.16. The molecule has 0 aliphatic carbocycles. The number of hydrogen-bond donors (Lipinski definition) is 2. The zero-order valence-corrected chi connectivity index (χ0v) is 13.1. The zero-order valence-electron chi connectivity index (χ0n) is 12.3. The monoisotopic (exact) mass is 292 g/mol. The van der Waals surface area contributed by atoms with Crippen molar-refractivity contribution in [2.75, 3.05) is 0 Å². The van der Waals surface area contributed by atoms with E-state index in [2.05, 4.69) is 29.0 Å². The van der Waals surface area contributed by atoms with Crippen molar-refractivity contribution in [3.63, 3.8) is 0 Å². The van der Waals surface area contributed by atoms with Crippen molar-refractivity contribution >= 4 is 12.2 Å². The molecule has 2 N–H and O–H groups in total. The van der Waals surface area contributed by atoms with Crippen LogP contribution < -0.4 is 5.56 Å². The molecule has 0 aliphatic rings. The lowest BCUT2D eigenvalue weighted by Crippen LogP contribution is -2.25. The summed E-state index contributed by atoms with van der Waals surface area (Å²) in [7, 11) is 0. The number of pyridine rings is 1. The number of aromatic nitrogens is 4. The summed E-state index contributed by atoms with van der Waals surface area (Å²) < 4.78 is 2.17. The molecule has 0 aliphatic heterocycles. The van der Waals surface area contributed by atoms with Crippen LogP contribution in [0.25, 0.3) is 11.4 Å². The van der Waals surface area contributed by atoms with Crippen molar-refractivity contribution in [3.8, 4) is 11.4 Å². The first kappa shape index (κ1) is 14.7. The lowest BCUT2D eigenvalue weighted by molar-refractivity contribution is 0.502. The van der Waals surface area contributed by atoms with E-state index >= 15 is 0 Å². The van der Waals surface area contributed by atoms with E-state index in [0.717, 1.165) is 24.2 Å². The molecule has 0 aromatic carbocycles. The predicted molar refractivity (Wildman–Crippen MR) is 82.4 cm³/mol. The fourth-order valence-corrected chi connectivity index (χ4v) is 2.41. The Morgan fingerprint density at radius 2 is 2.05 bits per heavy atom. The quantitative estimate of drug-likeness (QED) is 0.851. The second-order valence-electron chi connectivity index (χ2n) is 5.50. The fraction of sp³-hybridized carbons (Fsp3) is 0.500. The first-order chi connectivity index (χ1) is 9.40. The summed E-state index contributed by atoms with van der Waals surface area (Å²) in [5.41, 5.74) is 2.46. The summed E-state index contributed by atoms with van der Waals surface area (Å²) in [5.74, 6) is 1.07. The Morgan fingerprint density at radius 1 is 1.35 bits per heavy atom. The number of nitrogens with zero attached hydrogens (tertiary/aromatic N) is 2. The van der Waals surface area contributed by atoms with Gasteiger partial charge in [0, 0.05) is 12.2 Å². The Balaban J connectivity index is 2.55. The van der Waals surface area contributed by atoms with Crippen LogP contribution in [0.15, 0.2) is 10.9 Å². The second-order valence-corrected chi connectivity index (χ2v) is 5.89. The third kappa shape index (κ3) is 2.90. The van der Waals surface area contributed by atoms with E-state index < -0.39 is 0 Å². The van der Waals surface area contributed by atoms with Crippen LogP contribution in [0, 0.1) is 24.5 Å². The van der Waals surface area contributed by atoms with Crippen molar-refractivity contribution in [2.45, 2.75) is 40.7 Å². The molecule has 0 unspecified atom stereocenters. The first-order valence-electron chi connectivity index (χ1n) is 6.76. The average molecular weight is 292 g/mol. The molecule has 20 heavy (non-hydrogen) atoms. The fourth-order valence-electron chi connectivity index (χ4n) is 2.27. The molecule has 2 aromatic heterocycles. The van der Waals surface area contributed by atoms with Gasteiger partial charge in [-0.3, -0.25) is 15.0 Å². The number of aromatic amines is 2. The van der Waals surface area contributed by atoms with Crippen LogP contribution in [0.4, 0.5) is 0 Å². The third-order valence-corrected chi connectivity index (χ3v) is 3.57. The van der Waals surface area contributed by atoms with Crippen molar-refractivity contribution in [1.82, 2.24) is 19.7 Å². The first-order valence-corrected chi connectivity index (χ1v) is 7.17. The second kappa shape index (κ2) is 5.75. The summed E-state index contributed by atoms with van der Waals surface area (Å²) >= 11 is 4.96. The van der Waals surface area contributed by atoms with E-state index in [1.165, 1.54) is 0 Å². The van der Waals surface area contributed by atoms with Crippen LogP contribution in [0.3, 0.4) is 0 Å². The lowest BCUT2D eigenvalue weighted by Gasteiger charge is -2.14. The molecule has 0 saturated carbocycles. The van der Waals surface area contributed by atoms with E-state index in [4.69, 9.17) is 12.2 Å². The highest BCUT2D eigenvalue weighted by molar-refractivity contribution is 7.71. The summed E-state index contributed by atoms with van der Waals surface area (Å²) in [5, 5.41) is 5.60. The summed E-state index contributed by atoms with van der Waals surface area (Å²) in [6, 6.07) is 2.02. The van der Waals surface area contributed by atoms with E-state index in [0.29, 0.717) is 22.1 Å². The molecule has 108 valence electrons. The molecule has 2 aromatic rings. The topological polar surface area (TPSA) is 66.5 Å². The van der Waals surface area contributed by atoms with Gasteiger partial charge in [-0.05, 0) is 50.0 Å². The zero-order chi connectivity index (χ0) is 14.9. The highest BCUT2D eigenvalue weighted by Gasteiger charge is 2.14. The van der Waals surface area contributed by atoms with Crippen LogP contribution >= 0.6 is 12.2 Å². The van der Waals surface area contributed by atoms with Crippen molar-refractivity contribution in [1.29, 1.82) is 0 Å². The van der Waals surface area contributed by atoms with Crippen LogP contribution in [-0.4, -0.2) is 19.7 Å². The van der Waals surface area contributed by atoms with Crippen molar-refractivity contribution in [3.05, 3.63) is 32.4 Å². The highest BCUT2D eigenvalue weighted by atomic mass is 32.1. The van der Waals surface area contributed by atoms with E-state index in [1.807, 2.05) is 24.5 Å². The van der Waals surface area contributed by atoms with E-state index in [-0.39, 0.29) is 5.56 Å². The number of hydrogen-bond acceptors (Lipinski definition) is 3. The van der Waals surface area contributed by atoms with Gasteiger partial charge in [-0.2, -0.15) is 4.98 Å². The minimum Gasteiger partial charge on any atom is -0.312 e. The smallest absolute Gasteiger partial charge is 0.262 e. The summed E-state index contributed by atoms with van der Waals surface area (Å²) in [6.45, 7) is 8.91. The minimum absolute atomic E-state index is 0.0131. The molecule has 6 heteroatoms. The molecule has 0 fully saturated rings. The number of nitrogens with one attached hydrogen (secondary N) is 2. The number of aryl methyl sites for hydroxylation is 2. The van der Waals surface area contributed by atoms with Gasteiger partial charge in [0.1, 0.15) is 0 Å². The Kier molecular flexibility index (Phi) is 4.23. The van der Waals surface area contributed by atoms with Gasteiger partial charge in [-0.15, -0.1) is 0 Å².